The van der Waals surface area contributed by atoms with Gasteiger partial charge in [0.15, 0.2) is 0 Å². The van der Waals surface area contributed by atoms with Crippen LogP contribution >= 0.6 is 23.1 Å². The number of carboxylic acids is 1. The van der Waals surface area contributed by atoms with Crippen molar-refractivity contribution >= 4 is 40.7 Å². The number of carbonyl (C=O) groups is 2. The fourth-order valence-corrected chi connectivity index (χ4v) is 4.70. The first-order valence-electron chi connectivity index (χ1n) is 7.92. The van der Waals surface area contributed by atoms with Crippen molar-refractivity contribution in [2.75, 3.05) is 11.1 Å². The Morgan fingerprint density at radius 1 is 1.25 bits per heavy atom. The summed E-state index contributed by atoms with van der Waals surface area (Å²) in [6.45, 7) is 0. The lowest BCUT2D eigenvalue weighted by Gasteiger charge is -2.13. The van der Waals surface area contributed by atoms with Crippen molar-refractivity contribution in [3.63, 3.8) is 0 Å². The number of carboxylic acid groups (broad SMARTS) is 1. The number of amides is 1. The Morgan fingerprint density at radius 3 is 2.92 bits per heavy atom. The molecule has 6 heteroatoms. The van der Waals surface area contributed by atoms with Gasteiger partial charge in [0.2, 0.25) is 0 Å². The molecule has 0 saturated heterocycles. The second-order valence-electron chi connectivity index (χ2n) is 5.80. The fourth-order valence-electron chi connectivity index (χ4n) is 2.88. The molecule has 2 N–H and O–H groups in total. The minimum Gasteiger partial charge on any atom is -0.481 e. The lowest BCUT2D eigenvalue weighted by Crippen LogP contribution is -2.14. The van der Waals surface area contributed by atoms with Gasteiger partial charge >= 0.3 is 5.97 Å². The minimum atomic E-state index is -0.813. The molecule has 4 nitrogen and oxygen atoms in total. The van der Waals surface area contributed by atoms with E-state index in [1.54, 1.807) is 11.3 Å². The van der Waals surface area contributed by atoms with Gasteiger partial charge in [-0.1, -0.05) is 12.1 Å². The number of hydrogen-bond acceptors (Lipinski definition) is 4. The smallest absolute Gasteiger partial charge is 0.313 e. The first-order valence-corrected chi connectivity index (χ1v) is 9.96. The first-order chi connectivity index (χ1) is 11.6. The highest BCUT2D eigenvalue weighted by Gasteiger charge is 2.20. The van der Waals surface area contributed by atoms with Crippen LogP contribution in [-0.4, -0.2) is 22.7 Å². The number of thioether (sulfide) groups is 1. The molecule has 0 unspecified atom stereocenters. The van der Waals surface area contributed by atoms with E-state index in [9.17, 15) is 9.59 Å². The zero-order chi connectivity index (χ0) is 16.9. The van der Waals surface area contributed by atoms with Crippen molar-refractivity contribution in [3.8, 4) is 0 Å². The summed E-state index contributed by atoms with van der Waals surface area (Å²) in [5, 5.41) is 13.6. The van der Waals surface area contributed by atoms with Crippen LogP contribution in [0.1, 0.15) is 39.2 Å². The second kappa shape index (κ2) is 7.85. The average Bonchev–Trinajstić information content (AvgIpc) is 2.99. The maximum atomic E-state index is 12.6. The predicted octanol–water partition coefficient (Wildman–Crippen LogP) is 4.20. The van der Waals surface area contributed by atoms with Gasteiger partial charge in [0.25, 0.3) is 5.91 Å². The molecule has 0 fully saturated rings. The standard InChI is InChI=1S/C18H19NO3S2/c20-17(21)11-23-9-12-4-3-5-13(8-12)19-18(22)15-10-24-16-7-2-1-6-14(15)16/h3-5,8,10H,1-2,6-7,9,11H2,(H,19,22)(H,20,21). The molecule has 0 atom stereocenters. The van der Waals surface area contributed by atoms with Crippen molar-refractivity contribution < 1.29 is 14.7 Å². The molecule has 0 aliphatic heterocycles. The molecule has 3 rings (SSSR count). The van der Waals surface area contributed by atoms with Crippen molar-refractivity contribution in [1.29, 1.82) is 0 Å². The van der Waals surface area contributed by atoms with Crippen LogP contribution in [0.5, 0.6) is 0 Å². The number of aryl methyl sites for hydroxylation is 1. The Balaban J connectivity index is 1.66. The van der Waals surface area contributed by atoms with Crippen molar-refractivity contribution in [2.45, 2.75) is 31.4 Å². The highest BCUT2D eigenvalue weighted by molar-refractivity contribution is 7.99. The molecule has 0 spiro atoms. The van der Waals surface area contributed by atoms with Gasteiger partial charge in [-0.15, -0.1) is 23.1 Å². The van der Waals surface area contributed by atoms with E-state index in [0.29, 0.717) is 5.75 Å². The van der Waals surface area contributed by atoms with Crippen LogP contribution in [0.2, 0.25) is 0 Å². The number of aliphatic carboxylic acids is 1. The van der Waals surface area contributed by atoms with Gasteiger partial charge in [0.05, 0.1) is 11.3 Å². The summed E-state index contributed by atoms with van der Waals surface area (Å²) in [5.41, 5.74) is 3.79. The molecule has 1 aliphatic rings. The number of anilines is 1. The summed E-state index contributed by atoms with van der Waals surface area (Å²) in [6.07, 6.45) is 4.45. The zero-order valence-electron chi connectivity index (χ0n) is 13.2. The van der Waals surface area contributed by atoms with Crippen molar-refractivity contribution in [2.24, 2.45) is 0 Å². The Kier molecular flexibility index (Phi) is 5.58. The van der Waals surface area contributed by atoms with Crippen molar-refractivity contribution in [3.05, 3.63) is 51.2 Å². The molecule has 1 aliphatic carbocycles. The number of benzene rings is 1. The normalized spacial score (nSPS) is 13.3. The maximum Gasteiger partial charge on any atom is 0.313 e. The van der Waals surface area contributed by atoms with Gasteiger partial charge in [-0.3, -0.25) is 9.59 Å². The van der Waals surface area contributed by atoms with Crippen molar-refractivity contribution in [1.82, 2.24) is 0 Å². The van der Waals surface area contributed by atoms with E-state index < -0.39 is 5.97 Å². The summed E-state index contributed by atoms with van der Waals surface area (Å²) in [6, 6.07) is 7.60. The topological polar surface area (TPSA) is 66.4 Å². The quantitative estimate of drug-likeness (QED) is 0.809. The highest BCUT2D eigenvalue weighted by atomic mass is 32.2. The van der Waals surface area contributed by atoms with E-state index in [1.807, 2.05) is 29.6 Å². The number of carbonyl (C=O) groups excluding carboxylic acids is 1. The van der Waals surface area contributed by atoms with E-state index in [-0.39, 0.29) is 11.7 Å². The molecule has 24 heavy (non-hydrogen) atoms. The lowest BCUT2D eigenvalue weighted by atomic mass is 9.95. The van der Waals surface area contributed by atoms with Crippen LogP contribution in [0.15, 0.2) is 29.6 Å². The third kappa shape index (κ3) is 4.19. The maximum absolute atomic E-state index is 12.6. The van der Waals surface area contributed by atoms with Crippen LogP contribution < -0.4 is 5.32 Å². The van der Waals surface area contributed by atoms with E-state index in [1.165, 1.54) is 28.6 Å². The second-order valence-corrected chi connectivity index (χ2v) is 7.75. The molecule has 0 radical (unpaired) electrons. The highest BCUT2D eigenvalue weighted by Crippen LogP contribution is 2.30. The molecule has 1 heterocycles. The summed E-state index contributed by atoms with van der Waals surface area (Å²) in [5.74, 6) is -0.168. The minimum absolute atomic E-state index is 0.0512. The van der Waals surface area contributed by atoms with E-state index >= 15 is 0 Å². The molecule has 2 aromatic rings. The Morgan fingerprint density at radius 2 is 2.08 bits per heavy atom. The number of hydrogen-bond donors (Lipinski definition) is 2. The van der Waals surface area contributed by atoms with Gasteiger partial charge in [-0.25, -0.2) is 0 Å². The van der Waals surface area contributed by atoms with Gasteiger partial charge in [0.1, 0.15) is 0 Å². The van der Waals surface area contributed by atoms with Gasteiger partial charge in [0, 0.05) is 21.7 Å². The fraction of sp³-hybridized carbons (Fsp3) is 0.333. The zero-order valence-corrected chi connectivity index (χ0v) is 14.8. The number of rotatable bonds is 6. The first kappa shape index (κ1) is 17.0. The average molecular weight is 361 g/mol. The van der Waals surface area contributed by atoms with Crippen LogP contribution in [0.25, 0.3) is 0 Å². The molecular formula is C18H19NO3S2. The molecular weight excluding hydrogens is 342 g/mol. The van der Waals surface area contributed by atoms with Gasteiger partial charge < -0.3 is 10.4 Å². The van der Waals surface area contributed by atoms with E-state index in [2.05, 4.69) is 5.32 Å². The van der Waals surface area contributed by atoms with Crippen LogP contribution in [0, 0.1) is 0 Å². The van der Waals surface area contributed by atoms with Gasteiger partial charge in [-0.05, 0) is 48.9 Å². The van der Waals surface area contributed by atoms with Crippen LogP contribution in [0.4, 0.5) is 5.69 Å². The number of nitrogens with one attached hydrogen (secondary N) is 1. The number of thiophene rings is 1. The predicted molar refractivity (Wildman–Crippen MR) is 99.2 cm³/mol. The molecule has 0 saturated carbocycles. The van der Waals surface area contributed by atoms with E-state index in [4.69, 9.17) is 5.11 Å². The van der Waals surface area contributed by atoms with Crippen LogP contribution in [-0.2, 0) is 23.4 Å². The summed E-state index contributed by atoms with van der Waals surface area (Å²) in [7, 11) is 0. The largest absolute Gasteiger partial charge is 0.481 e. The van der Waals surface area contributed by atoms with Gasteiger partial charge in [-0.2, -0.15) is 0 Å². The molecule has 1 aromatic carbocycles. The lowest BCUT2D eigenvalue weighted by molar-refractivity contribution is -0.133. The molecule has 1 amide bonds. The summed E-state index contributed by atoms with van der Waals surface area (Å²) >= 11 is 3.04. The molecule has 1 aromatic heterocycles. The Labute approximate surface area is 149 Å². The van der Waals surface area contributed by atoms with Crippen LogP contribution in [0.3, 0.4) is 0 Å². The molecule has 126 valence electrons. The molecule has 0 bridgehead atoms. The Hall–Kier alpha value is -1.79. The monoisotopic (exact) mass is 361 g/mol. The third-order valence-corrected chi connectivity index (χ3v) is 6.06. The SMILES string of the molecule is O=C(O)CSCc1cccc(NC(=O)c2csc3c2CCCC3)c1. The number of fused-ring (bicyclic) bond motifs is 1. The Bertz CT molecular complexity index is 754. The third-order valence-electron chi connectivity index (χ3n) is 3.99. The van der Waals surface area contributed by atoms with E-state index in [0.717, 1.165) is 36.1 Å². The summed E-state index contributed by atoms with van der Waals surface area (Å²) < 4.78 is 0. The summed E-state index contributed by atoms with van der Waals surface area (Å²) in [4.78, 5) is 24.5.